The predicted molar refractivity (Wildman–Crippen MR) is 177 cm³/mol. The molecule has 0 aliphatic carbocycles. The first-order valence-electron chi connectivity index (χ1n) is 16.2. The molecular formula is C34H48N6O7. The zero-order chi connectivity index (χ0) is 34.5. The molecule has 2 aromatic carbocycles. The average Bonchev–Trinajstić information content (AvgIpc) is 3.04. The van der Waals surface area contributed by atoms with Crippen LogP contribution in [0.1, 0.15) is 46.1 Å². The van der Waals surface area contributed by atoms with Crippen molar-refractivity contribution in [2.45, 2.75) is 65.1 Å². The van der Waals surface area contributed by atoms with E-state index in [2.05, 4.69) is 21.3 Å². The van der Waals surface area contributed by atoms with Gasteiger partial charge in [-0.3, -0.25) is 33.7 Å². The molecule has 5 amide bonds. The van der Waals surface area contributed by atoms with E-state index < -0.39 is 60.0 Å². The number of nitrogens with zero attached hydrogens (tertiary/aromatic N) is 1. The summed E-state index contributed by atoms with van der Waals surface area (Å²) in [7, 11) is 0. The van der Waals surface area contributed by atoms with Crippen LogP contribution in [0.2, 0.25) is 0 Å². The molecule has 0 bridgehead atoms. The summed E-state index contributed by atoms with van der Waals surface area (Å²) in [6.07, 6.45) is 0.938. The van der Waals surface area contributed by atoms with Gasteiger partial charge in [0.05, 0.1) is 32.3 Å². The van der Waals surface area contributed by atoms with E-state index in [1.807, 2.05) is 68.1 Å². The number of nitrogens with one attached hydrogen (secondary N) is 4. The van der Waals surface area contributed by atoms with Crippen LogP contribution in [0, 0.1) is 11.8 Å². The number of amides is 5. The predicted octanol–water partition coefficient (Wildman–Crippen LogP) is 0.432. The maximum absolute atomic E-state index is 13.4. The number of Topliss-reactive ketones (excluding diaryl/α,β-unsaturated/α-hetero) is 1. The maximum Gasteiger partial charge on any atom is 0.290 e. The average molecular weight is 653 g/mol. The van der Waals surface area contributed by atoms with Crippen LogP contribution in [-0.2, 0) is 39.9 Å². The Balaban J connectivity index is 1.58. The monoisotopic (exact) mass is 652 g/mol. The molecule has 13 nitrogen and oxygen atoms in total. The minimum atomic E-state index is -1.19. The summed E-state index contributed by atoms with van der Waals surface area (Å²) in [5, 5.41) is 12.3. The van der Waals surface area contributed by atoms with Crippen molar-refractivity contribution in [3.63, 3.8) is 0 Å². The third kappa shape index (κ3) is 11.7. The minimum Gasteiger partial charge on any atom is -0.379 e. The van der Waals surface area contributed by atoms with E-state index in [1.165, 1.54) is 0 Å². The summed E-state index contributed by atoms with van der Waals surface area (Å²) in [5.41, 5.74) is 6.33. The number of morpholine rings is 1. The van der Waals surface area contributed by atoms with Crippen LogP contribution < -0.4 is 27.0 Å². The molecule has 0 spiro atoms. The molecule has 3 rings (SSSR count). The molecule has 13 heteroatoms. The molecule has 47 heavy (non-hydrogen) atoms. The van der Waals surface area contributed by atoms with Crippen molar-refractivity contribution < 1.29 is 33.5 Å². The Hall–Kier alpha value is -4.36. The highest BCUT2D eigenvalue weighted by Gasteiger charge is 2.34. The number of ketones is 1. The Morgan fingerprint density at radius 2 is 1.53 bits per heavy atom. The normalized spacial score (nSPS) is 16.0. The topological polar surface area (TPSA) is 189 Å². The Morgan fingerprint density at radius 3 is 2.17 bits per heavy atom. The largest absolute Gasteiger partial charge is 0.379 e. The number of carbonyl (C=O) groups excluding carboxylic acids is 6. The molecule has 6 N–H and O–H groups in total. The molecule has 1 aliphatic heterocycles. The fourth-order valence-corrected chi connectivity index (χ4v) is 5.32. The Bertz CT molecular complexity index is 1420. The van der Waals surface area contributed by atoms with E-state index in [0.717, 1.165) is 16.3 Å². The number of rotatable bonds is 17. The SMILES string of the molecule is CC[C@H](C)C(NC(=O)[C@H](CC(C)C)NC(=O)CN1CCOCC1)C(=O)C(=O)NCC(=O)N[C@@H](Cc1ccc2ccccc2c1)C(N)=O. The maximum atomic E-state index is 13.4. The van der Waals surface area contributed by atoms with Crippen molar-refractivity contribution in [1.29, 1.82) is 0 Å². The second-order valence-corrected chi connectivity index (χ2v) is 12.5. The van der Waals surface area contributed by atoms with Crippen molar-refractivity contribution in [2.24, 2.45) is 17.6 Å². The number of carbonyl (C=O) groups is 6. The first kappa shape index (κ1) is 37.1. The standard InChI is InChI=1S/C34H48N6O7/c1-5-22(4)30(39-33(45)27(16-21(2)3)38-29(42)20-40-12-14-47-15-13-40)31(43)34(46)36-19-28(41)37-26(32(35)44)18-23-10-11-24-8-6-7-9-25(24)17-23/h6-11,17,21-22,26-27,30H,5,12-16,18-20H2,1-4H3,(H2,35,44)(H,36,46)(H,37,41)(H,38,42)(H,39,45)/t22-,26-,27-,30?/m0/s1. The zero-order valence-electron chi connectivity index (χ0n) is 27.7. The number of primary amides is 1. The van der Waals surface area contributed by atoms with Gasteiger partial charge in [-0.25, -0.2) is 0 Å². The molecule has 1 aliphatic rings. The number of ether oxygens (including phenoxy) is 1. The second kappa shape index (κ2) is 18.1. The lowest BCUT2D eigenvalue weighted by Crippen LogP contribution is -2.57. The molecule has 4 atom stereocenters. The van der Waals surface area contributed by atoms with Crippen molar-refractivity contribution in [3.8, 4) is 0 Å². The number of hydrogen-bond acceptors (Lipinski definition) is 8. The molecule has 1 unspecified atom stereocenters. The van der Waals surface area contributed by atoms with Crippen molar-refractivity contribution in [1.82, 2.24) is 26.2 Å². The summed E-state index contributed by atoms with van der Waals surface area (Å²) in [6.45, 7) is 9.18. The molecular weight excluding hydrogens is 604 g/mol. The molecule has 1 fully saturated rings. The van der Waals surface area contributed by atoms with Gasteiger partial charge in [0.2, 0.25) is 29.4 Å². The zero-order valence-corrected chi connectivity index (χ0v) is 27.7. The molecule has 1 saturated heterocycles. The summed E-state index contributed by atoms with van der Waals surface area (Å²) >= 11 is 0. The molecule has 1 heterocycles. The van der Waals surface area contributed by atoms with Crippen molar-refractivity contribution >= 4 is 46.1 Å². The molecule has 2 aromatic rings. The summed E-state index contributed by atoms with van der Waals surface area (Å²) in [4.78, 5) is 79.1. The molecule has 256 valence electrons. The lowest BCUT2D eigenvalue weighted by atomic mass is 9.93. The first-order chi connectivity index (χ1) is 22.4. The van der Waals surface area contributed by atoms with Gasteiger partial charge in [0.25, 0.3) is 5.91 Å². The van der Waals surface area contributed by atoms with E-state index in [-0.39, 0.29) is 24.8 Å². The molecule has 0 saturated carbocycles. The minimum absolute atomic E-state index is 0.0551. The number of hydrogen-bond donors (Lipinski definition) is 5. The van der Waals surface area contributed by atoms with Crippen LogP contribution in [0.3, 0.4) is 0 Å². The summed E-state index contributed by atoms with van der Waals surface area (Å²) in [6, 6.07) is 10.2. The third-order valence-electron chi connectivity index (χ3n) is 8.19. The van der Waals surface area contributed by atoms with Gasteiger partial charge in [-0.15, -0.1) is 0 Å². The van der Waals surface area contributed by atoms with E-state index in [1.54, 1.807) is 6.92 Å². The highest BCUT2D eigenvalue weighted by molar-refractivity contribution is 6.38. The lowest BCUT2D eigenvalue weighted by Gasteiger charge is -2.28. The highest BCUT2D eigenvalue weighted by atomic mass is 16.5. The van der Waals surface area contributed by atoms with E-state index in [9.17, 15) is 28.8 Å². The Labute approximate surface area is 275 Å². The lowest BCUT2D eigenvalue weighted by molar-refractivity contribution is -0.142. The van der Waals surface area contributed by atoms with Crippen LogP contribution in [-0.4, -0.2) is 97.7 Å². The fourth-order valence-electron chi connectivity index (χ4n) is 5.32. The van der Waals surface area contributed by atoms with Gasteiger partial charge in [-0.05, 0) is 34.6 Å². The van der Waals surface area contributed by atoms with Crippen LogP contribution in [0.15, 0.2) is 42.5 Å². The first-order valence-corrected chi connectivity index (χ1v) is 16.2. The molecule has 0 aromatic heterocycles. The number of fused-ring (bicyclic) bond motifs is 1. The van der Waals surface area contributed by atoms with E-state index in [0.29, 0.717) is 39.1 Å². The Kier molecular flexibility index (Phi) is 14.3. The van der Waals surface area contributed by atoms with Gasteiger partial charge in [-0.1, -0.05) is 76.6 Å². The van der Waals surface area contributed by atoms with Gasteiger partial charge in [-0.2, -0.15) is 0 Å². The Morgan fingerprint density at radius 1 is 0.872 bits per heavy atom. The fraction of sp³-hybridized carbons (Fsp3) is 0.529. The summed E-state index contributed by atoms with van der Waals surface area (Å²) in [5.74, 6) is -4.70. The van der Waals surface area contributed by atoms with Crippen LogP contribution in [0.5, 0.6) is 0 Å². The molecule has 0 radical (unpaired) electrons. The van der Waals surface area contributed by atoms with Gasteiger partial charge in [0, 0.05) is 19.5 Å². The van der Waals surface area contributed by atoms with Gasteiger partial charge < -0.3 is 31.7 Å². The van der Waals surface area contributed by atoms with Crippen molar-refractivity contribution in [3.05, 3.63) is 48.0 Å². The quantitative estimate of drug-likeness (QED) is 0.152. The third-order valence-corrected chi connectivity index (χ3v) is 8.19. The van der Waals surface area contributed by atoms with Gasteiger partial charge >= 0.3 is 0 Å². The van der Waals surface area contributed by atoms with E-state index >= 15 is 0 Å². The van der Waals surface area contributed by atoms with E-state index in [4.69, 9.17) is 10.5 Å². The van der Waals surface area contributed by atoms with Crippen LogP contribution in [0.25, 0.3) is 10.8 Å². The number of benzene rings is 2. The smallest absolute Gasteiger partial charge is 0.290 e. The number of nitrogens with two attached hydrogens (primary N) is 1. The van der Waals surface area contributed by atoms with Gasteiger partial charge in [0.1, 0.15) is 12.1 Å². The van der Waals surface area contributed by atoms with Gasteiger partial charge in [0.15, 0.2) is 0 Å². The second-order valence-electron chi connectivity index (χ2n) is 12.5. The summed E-state index contributed by atoms with van der Waals surface area (Å²) < 4.78 is 5.32. The van der Waals surface area contributed by atoms with Crippen LogP contribution >= 0.6 is 0 Å². The van der Waals surface area contributed by atoms with Crippen LogP contribution in [0.4, 0.5) is 0 Å². The van der Waals surface area contributed by atoms with Crippen molar-refractivity contribution in [2.75, 3.05) is 39.4 Å². The highest BCUT2D eigenvalue weighted by Crippen LogP contribution is 2.17.